The van der Waals surface area contributed by atoms with Crippen LogP contribution in [-0.4, -0.2) is 41.3 Å². The third-order valence-corrected chi connectivity index (χ3v) is 5.00. The quantitative estimate of drug-likeness (QED) is 0.423. The summed E-state index contributed by atoms with van der Waals surface area (Å²) in [5.41, 5.74) is -0.0647. The average molecular weight is 389 g/mol. The van der Waals surface area contributed by atoms with Gasteiger partial charge in [0.05, 0.1) is 7.11 Å². The first-order valence-electron chi connectivity index (χ1n) is 9.53. The van der Waals surface area contributed by atoms with Gasteiger partial charge in [-0.1, -0.05) is 30.3 Å². The van der Waals surface area contributed by atoms with E-state index in [1.807, 2.05) is 58.0 Å². The summed E-state index contributed by atoms with van der Waals surface area (Å²) in [5.74, 6) is -0.304. The van der Waals surface area contributed by atoms with Gasteiger partial charge in [-0.25, -0.2) is 9.59 Å². The number of likely N-dealkylation sites (tertiary alicyclic amines) is 1. The number of allylic oxidation sites excluding steroid dienone is 1. The Morgan fingerprint density at radius 1 is 1.11 bits per heavy atom. The molecule has 154 valence electrons. The van der Waals surface area contributed by atoms with Gasteiger partial charge in [0.25, 0.3) is 0 Å². The van der Waals surface area contributed by atoms with Crippen molar-refractivity contribution in [3.8, 4) is 0 Å². The van der Waals surface area contributed by atoms with Crippen molar-refractivity contribution in [2.24, 2.45) is 0 Å². The number of esters is 1. The summed E-state index contributed by atoms with van der Waals surface area (Å²) in [5, 5.41) is 0. The third kappa shape index (κ3) is 5.06. The molecule has 1 fully saturated rings. The Bertz CT molecular complexity index is 706. The molecule has 1 amide bonds. The van der Waals surface area contributed by atoms with E-state index in [-0.39, 0.29) is 24.6 Å². The first-order chi connectivity index (χ1) is 13.1. The minimum atomic E-state index is -0.505. The molecule has 6 heteroatoms. The fourth-order valence-corrected chi connectivity index (χ4v) is 4.06. The van der Waals surface area contributed by atoms with E-state index < -0.39 is 17.0 Å². The zero-order chi connectivity index (χ0) is 20.9. The SMILES string of the molecule is CC=C(OC1CC(C)(C)N(C(=O)OCc2ccccc2)C(C)(C)C1)C(=O)OC. The summed E-state index contributed by atoms with van der Waals surface area (Å²) in [7, 11) is 1.33. The zero-order valence-corrected chi connectivity index (χ0v) is 17.7. The maximum absolute atomic E-state index is 12.9. The van der Waals surface area contributed by atoms with E-state index in [2.05, 4.69) is 0 Å². The molecule has 0 saturated carbocycles. The van der Waals surface area contributed by atoms with Gasteiger partial charge in [-0.2, -0.15) is 0 Å². The maximum atomic E-state index is 12.9. The minimum absolute atomic E-state index is 0.194. The Labute approximate surface area is 167 Å². The molecule has 1 aliphatic rings. The van der Waals surface area contributed by atoms with Crippen LogP contribution in [0.15, 0.2) is 42.2 Å². The molecule has 0 spiro atoms. The van der Waals surface area contributed by atoms with Crippen molar-refractivity contribution in [3.05, 3.63) is 47.7 Å². The average Bonchev–Trinajstić information content (AvgIpc) is 2.62. The van der Waals surface area contributed by atoms with Crippen molar-refractivity contribution in [3.63, 3.8) is 0 Å². The van der Waals surface area contributed by atoms with Crippen molar-refractivity contribution in [1.29, 1.82) is 0 Å². The van der Waals surface area contributed by atoms with Crippen LogP contribution in [0.1, 0.15) is 53.0 Å². The summed E-state index contributed by atoms with van der Waals surface area (Å²) in [6.07, 6.45) is 2.19. The molecular formula is C22H31NO5. The number of hydrogen-bond acceptors (Lipinski definition) is 5. The first kappa shape index (κ1) is 21.8. The summed E-state index contributed by atoms with van der Waals surface area (Å²) in [6, 6.07) is 9.61. The van der Waals surface area contributed by atoms with E-state index in [0.717, 1.165) is 5.56 Å². The lowest BCUT2D eigenvalue weighted by Crippen LogP contribution is -2.64. The lowest BCUT2D eigenvalue weighted by molar-refractivity contribution is -0.144. The monoisotopic (exact) mass is 389 g/mol. The van der Waals surface area contributed by atoms with E-state index in [0.29, 0.717) is 12.8 Å². The fraction of sp³-hybridized carbons (Fsp3) is 0.545. The fourth-order valence-electron chi connectivity index (χ4n) is 4.06. The first-order valence-corrected chi connectivity index (χ1v) is 9.53. The van der Waals surface area contributed by atoms with Crippen LogP contribution >= 0.6 is 0 Å². The molecule has 0 atom stereocenters. The van der Waals surface area contributed by atoms with Gasteiger partial charge in [0.15, 0.2) is 0 Å². The minimum Gasteiger partial charge on any atom is -0.483 e. The number of carbonyl (C=O) groups is 2. The number of nitrogens with zero attached hydrogens (tertiary/aromatic N) is 1. The maximum Gasteiger partial charge on any atom is 0.410 e. The Morgan fingerprint density at radius 3 is 2.18 bits per heavy atom. The van der Waals surface area contributed by atoms with Gasteiger partial charge in [0.2, 0.25) is 5.76 Å². The molecule has 0 bridgehead atoms. The normalized spacial score (nSPS) is 19.1. The summed E-state index contributed by atoms with van der Waals surface area (Å²) in [4.78, 5) is 26.5. The van der Waals surface area contributed by atoms with E-state index in [4.69, 9.17) is 14.2 Å². The summed E-state index contributed by atoms with van der Waals surface area (Å²) >= 11 is 0. The number of ether oxygens (including phenoxy) is 3. The third-order valence-electron chi connectivity index (χ3n) is 5.00. The van der Waals surface area contributed by atoms with Gasteiger partial charge in [-0.3, -0.25) is 4.90 Å². The molecule has 1 aromatic rings. The van der Waals surface area contributed by atoms with E-state index in [1.54, 1.807) is 17.9 Å². The van der Waals surface area contributed by atoms with E-state index >= 15 is 0 Å². The molecule has 0 aliphatic carbocycles. The Morgan fingerprint density at radius 2 is 1.68 bits per heavy atom. The zero-order valence-electron chi connectivity index (χ0n) is 17.7. The Kier molecular flexibility index (Phi) is 6.75. The van der Waals surface area contributed by atoms with Crippen LogP contribution in [0, 0.1) is 0 Å². The predicted octanol–water partition coefficient (Wildman–Crippen LogP) is 4.44. The predicted molar refractivity (Wildman–Crippen MR) is 107 cm³/mol. The molecule has 28 heavy (non-hydrogen) atoms. The van der Waals surface area contributed by atoms with E-state index in [1.165, 1.54) is 7.11 Å². The number of methoxy groups -OCH3 is 1. The molecular weight excluding hydrogens is 358 g/mol. The Hall–Kier alpha value is -2.50. The van der Waals surface area contributed by atoms with Crippen LogP contribution in [0.2, 0.25) is 0 Å². The van der Waals surface area contributed by atoms with Gasteiger partial charge >= 0.3 is 12.1 Å². The molecule has 1 heterocycles. The number of carbonyl (C=O) groups excluding carboxylic acids is 2. The molecule has 0 aromatic heterocycles. The van der Waals surface area contributed by atoms with Crippen LogP contribution < -0.4 is 0 Å². The van der Waals surface area contributed by atoms with Gasteiger partial charge < -0.3 is 14.2 Å². The van der Waals surface area contributed by atoms with Crippen molar-refractivity contribution in [2.45, 2.75) is 71.2 Å². The molecule has 1 aromatic carbocycles. The number of rotatable bonds is 5. The lowest BCUT2D eigenvalue weighted by Gasteiger charge is -2.53. The van der Waals surface area contributed by atoms with Crippen LogP contribution in [0.25, 0.3) is 0 Å². The van der Waals surface area contributed by atoms with Gasteiger partial charge in [-0.15, -0.1) is 0 Å². The summed E-state index contributed by atoms with van der Waals surface area (Å²) < 4.78 is 16.3. The van der Waals surface area contributed by atoms with Crippen LogP contribution in [0.4, 0.5) is 4.79 Å². The topological polar surface area (TPSA) is 65.1 Å². The number of benzene rings is 1. The second-order valence-electron chi connectivity index (χ2n) is 8.29. The molecule has 2 rings (SSSR count). The molecule has 1 aliphatic heterocycles. The number of piperidine rings is 1. The van der Waals surface area contributed by atoms with E-state index in [9.17, 15) is 9.59 Å². The van der Waals surface area contributed by atoms with Crippen LogP contribution in [0.5, 0.6) is 0 Å². The van der Waals surface area contributed by atoms with Gasteiger partial charge in [0.1, 0.15) is 12.7 Å². The highest BCUT2D eigenvalue weighted by molar-refractivity contribution is 5.86. The highest BCUT2D eigenvalue weighted by Gasteiger charge is 2.49. The smallest absolute Gasteiger partial charge is 0.410 e. The van der Waals surface area contributed by atoms with Crippen molar-refractivity contribution in [2.75, 3.05) is 7.11 Å². The molecule has 0 unspecified atom stereocenters. The number of amides is 1. The molecule has 6 nitrogen and oxygen atoms in total. The highest BCUT2D eigenvalue weighted by Crippen LogP contribution is 2.40. The van der Waals surface area contributed by atoms with Crippen LogP contribution in [-0.2, 0) is 25.6 Å². The van der Waals surface area contributed by atoms with Crippen LogP contribution in [0.3, 0.4) is 0 Å². The second-order valence-corrected chi connectivity index (χ2v) is 8.29. The standard InChI is InChI=1S/C22H31NO5/c1-7-18(19(24)26-6)28-17-13-21(2,3)23(22(4,5)14-17)20(25)27-15-16-11-9-8-10-12-16/h7-12,17H,13-15H2,1-6H3. The van der Waals surface area contributed by atoms with Gasteiger partial charge in [-0.05, 0) is 46.3 Å². The van der Waals surface area contributed by atoms with Crippen molar-refractivity contribution < 1.29 is 23.8 Å². The van der Waals surface area contributed by atoms with Crippen molar-refractivity contribution >= 4 is 12.1 Å². The highest BCUT2D eigenvalue weighted by atomic mass is 16.6. The van der Waals surface area contributed by atoms with Gasteiger partial charge in [0, 0.05) is 23.9 Å². The largest absolute Gasteiger partial charge is 0.483 e. The molecule has 1 saturated heterocycles. The summed E-state index contributed by atoms with van der Waals surface area (Å²) in [6.45, 7) is 9.91. The second kappa shape index (κ2) is 8.67. The molecule has 0 N–H and O–H groups in total. The Balaban J connectivity index is 2.11. The molecule has 0 radical (unpaired) electrons. The lowest BCUT2D eigenvalue weighted by atomic mass is 9.78. The number of hydrogen-bond donors (Lipinski definition) is 0. The van der Waals surface area contributed by atoms with Crippen molar-refractivity contribution in [1.82, 2.24) is 4.90 Å².